The lowest BCUT2D eigenvalue weighted by Gasteiger charge is -2.38. The predicted molar refractivity (Wildman–Crippen MR) is 74.3 cm³/mol. The molecule has 0 radical (unpaired) electrons. The number of carboxylic acid groups (broad SMARTS) is 1. The number of hydrogen-bond acceptors (Lipinski definition) is 3. The third-order valence-corrected chi connectivity index (χ3v) is 8.77. The first-order valence-corrected chi connectivity index (χ1v) is 9.36. The van der Waals surface area contributed by atoms with E-state index in [1.807, 2.05) is 0 Å². The molecule has 2 unspecified atom stereocenters. The van der Waals surface area contributed by atoms with E-state index in [9.17, 15) is 4.79 Å². The molecule has 1 fully saturated rings. The first-order valence-electron chi connectivity index (χ1n) is 6.45. The molecule has 1 amide bonds. The Labute approximate surface area is 110 Å². The average molecular weight is 274 g/mol. The van der Waals surface area contributed by atoms with Gasteiger partial charge in [0.1, 0.15) is 0 Å². The van der Waals surface area contributed by atoms with Gasteiger partial charge in [-0.1, -0.05) is 20.8 Å². The number of nitrogens with zero attached hydrogens (tertiary/aromatic N) is 1. The van der Waals surface area contributed by atoms with Gasteiger partial charge in [-0.15, -0.1) is 0 Å². The van der Waals surface area contributed by atoms with E-state index in [0.29, 0.717) is 13.2 Å². The molecular weight excluding hydrogens is 248 g/mol. The Morgan fingerprint density at radius 3 is 2.50 bits per heavy atom. The van der Waals surface area contributed by atoms with E-state index < -0.39 is 14.4 Å². The highest BCUT2D eigenvalue weighted by molar-refractivity contribution is 6.74. The number of carbonyl (C=O) groups is 1. The minimum atomic E-state index is -1.84. The van der Waals surface area contributed by atoms with Crippen LogP contribution < -0.4 is 5.73 Å². The third-order valence-electron chi connectivity index (χ3n) is 4.26. The molecule has 1 saturated heterocycles. The highest BCUT2D eigenvalue weighted by Gasteiger charge is 2.41. The summed E-state index contributed by atoms with van der Waals surface area (Å²) in [5, 5.41) is 9.25. The van der Waals surface area contributed by atoms with E-state index in [2.05, 4.69) is 33.9 Å². The van der Waals surface area contributed by atoms with Crippen LogP contribution in [0.5, 0.6) is 0 Å². The largest absolute Gasteiger partial charge is 0.465 e. The minimum absolute atomic E-state index is 0.106. The first kappa shape index (κ1) is 15.5. The summed E-state index contributed by atoms with van der Waals surface area (Å²) in [7, 11) is -1.84. The molecule has 18 heavy (non-hydrogen) atoms. The van der Waals surface area contributed by atoms with Crippen LogP contribution >= 0.6 is 0 Å². The van der Waals surface area contributed by atoms with Crippen molar-refractivity contribution in [1.82, 2.24) is 4.90 Å². The summed E-state index contributed by atoms with van der Waals surface area (Å²) in [5.74, 6) is 0. The number of hydrogen-bond donors (Lipinski definition) is 2. The molecular formula is C12H26N2O3Si. The summed E-state index contributed by atoms with van der Waals surface area (Å²) in [6.45, 7) is 11.8. The molecule has 0 aromatic rings. The molecule has 5 nitrogen and oxygen atoms in total. The van der Waals surface area contributed by atoms with Crippen molar-refractivity contribution in [1.29, 1.82) is 0 Å². The van der Waals surface area contributed by atoms with E-state index in [4.69, 9.17) is 15.3 Å². The van der Waals surface area contributed by atoms with Gasteiger partial charge in [-0.05, 0) is 24.6 Å². The van der Waals surface area contributed by atoms with Crippen LogP contribution in [0.2, 0.25) is 18.1 Å². The van der Waals surface area contributed by atoms with Crippen LogP contribution in [0.3, 0.4) is 0 Å². The molecule has 1 aliphatic heterocycles. The minimum Gasteiger partial charge on any atom is -0.465 e. The maximum atomic E-state index is 11.1. The van der Waals surface area contributed by atoms with Gasteiger partial charge >= 0.3 is 6.09 Å². The van der Waals surface area contributed by atoms with Crippen molar-refractivity contribution in [3.63, 3.8) is 0 Å². The predicted octanol–water partition coefficient (Wildman–Crippen LogP) is 2.09. The number of nitrogens with two attached hydrogens (primary N) is 1. The molecule has 106 valence electrons. The smallest absolute Gasteiger partial charge is 0.407 e. The molecule has 0 aromatic carbocycles. The average Bonchev–Trinajstić information content (AvgIpc) is 2.55. The van der Waals surface area contributed by atoms with Gasteiger partial charge in [-0.3, -0.25) is 0 Å². The van der Waals surface area contributed by atoms with E-state index in [-0.39, 0.29) is 17.1 Å². The van der Waals surface area contributed by atoms with E-state index in [1.165, 1.54) is 4.90 Å². The Hall–Kier alpha value is -0.593. The van der Waals surface area contributed by atoms with Gasteiger partial charge in [0, 0.05) is 12.6 Å². The second-order valence-corrected chi connectivity index (χ2v) is 11.4. The summed E-state index contributed by atoms with van der Waals surface area (Å²) < 4.78 is 6.08. The van der Waals surface area contributed by atoms with Crippen LogP contribution in [0, 0.1) is 0 Å². The lowest BCUT2D eigenvalue weighted by Crippen LogP contribution is -2.49. The molecule has 3 N–H and O–H groups in total. The Balaban J connectivity index is 2.64. The van der Waals surface area contributed by atoms with Gasteiger partial charge in [0.15, 0.2) is 8.32 Å². The van der Waals surface area contributed by atoms with Crippen LogP contribution in [-0.2, 0) is 4.43 Å². The van der Waals surface area contributed by atoms with Crippen molar-refractivity contribution in [3.05, 3.63) is 0 Å². The maximum absolute atomic E-state index is 11.1. The summed E-state index contributed by atoms with van der Waals surface area (Å²) in [4.78, 5) is 12.5. The third kappa shape index (κ3) is 3.24. The SMILES string of the molecule is CC(C)(C)[Si](C)(C)OCC1C(N)CCN1C(=O)O. The number of rotatable bonds is 3. The molecule has 0 aliphatic carbocycles. The zero-order valence-corrected chi connectivity index (χ0v) is 13.1. The highest BCUT2D eigenvalue weighted by atomic mass is 28.4. The zero-order valence-electron chi connectivity index (χ0n) is 12.1. The van der Waals surface area contributed by atoms with Gasteiger partial charge in [0.25, 0.3) is 0 Å². The van der Waals surface area contributed by atoms with Gasteiger partial charge in [0.05, 0.1) is 12.6 Å². The van der Waals surface area contributed by atoms with Crippen LogP contribution in [-0.4, -0.2) is 49.7 Å². The summed E-state index contributed by atoms with van der Waals surface area (Å²) >= 11 is 0. The molecule has 1 heterocycles. The molecule has 0 bridgehead atoms. The van der Waals surface area contributed by atoms with Crippen LogP contribution in [0.25, 0.3) is 0 Å². The molecule has 0 spiro atoms. The van der Waals surface area contributed by atoms with Crippen molar-refractivity contribution < 1.29 is 14.3 Å². The lowest BCUT2D eigenvalue weighted by molar-refractivity contribution is 0.117. The van der Waals surface area contributed by atoms with E-state index >= 15 is 0 Å². The highest BCUT2D eigenvalue weighted by Crippen LogP contribution is 2.37. The van der Waals surface area contributed by atoms with Crippen molar-refractivity contribution in [2.75, 3.05) is 13.2 Å². The molecule has 0 saturated carbocycles. The van der Waals surface area contributed by atoms with Crippen molar-refractivity contribution >= 4 is 14.4 Å². The van der Waals surface area contributed by atoms with Gasteiger partial charge < -0.3 is 20.2 Å². The fraction of sp³-hybridized carbons (Fsp3) is 0.917. The van der Waals surface area contributed by atoms with Crippen LogP contribution in [0.15, 0.2) is 0 Å². The Morgan fingerprint density at radius 1 is 1.50 bits per heavy atom. The van der Waals surface area contributed by atoms with Crippen molar-refractivity contribution in [2.45, 2.75) is 57.4 Å². The maximum Gasteiger partial charge on any atom is 0.407 e. The second kappa shape index (κ2) is 5.18. The first-order chi connectivity index (χ1) is 8.06. The lowest BCUT2D eigenvalue weighted by atomic mass is 10.1. The molecule has 0 aromatic heterocycles. The standard InChI is InChI=1S/C12H26N2O3Si/c1-12(2,3)18(4,5)17-8-10-9(13)6-7-14(10)11(15)16/h9-10H,6-8,13H2,1-5H3,(H,15,16). The fourth-order valence-corrected chi connectivity index (χ4v) is 2.86. The van der Waals surface area contributed by atoms with Gasteiger partial charge in [0.2, 0.25) is 0 Å². The van der Waals surface area contributed by atoms with Gasteiger partial charge in [-0.25, -0.2) is 4.79 Å². The monoisotopic (exact) mass is 274 g/mol. The zero-order chi connectivity index (χ0) is 14.1. The Kier molecular flexibility index (Phi) is 4.45. The number of amides is 1. The Morgan fingerprint density at radius 2 is 2.06 bits per heavy atom. The quantitative estimate of drug-likeness (QED) is 0.773. The summed E-state index contributed by atoms with van der Waals surface area (Å²) in [6.07, 6.45) is -0.176. The molecule has 6 heteroatoms. The topological polar surface area (TPSA) is 75.8 Å². The van der Waals surface area contributed by atoms with Gasteiger partial charge in [-0.2, -0.15) is 0 Å². The Bertz CT molecular complexity index is 315. The number of likely N-dealkylation sites (tertiary alicyclic amines) is 1. The fourth-order valence-electron chi connectivity index (χ4n) is 1.84. The molecule has 1 aliphatic rings. The second-order valence-electron chi connectivity index (χ2n) is 6.57. The summed E-state index contributed by atoms with van der Waals surface area (Å²) in [6, 6.07) is -0.303. The molecule has 2 atom stereocenters. The van der Waals surface area contributed by atoms with Crippen molar-refractivity contribution in [3.8, 4) is 0 Å². The normalized spacial score (nSPS) is 25.6. The molecule has 1 rings (SSSR count). The van der Waals surface area contributed by atoms with E-state index in [1.54, 1.807) is 0 Å². The van der Waals surface area contributed by atoms with E-state index in [0.717, 1.165) is 6.42 Å². The summed E-state index contributed by atoms with van der Waals surface area (Å²) in [5.41, 5.74) is 5.98. The van der Waals surface area contributed by atoms with Crippen molar-refractivity contribution in [2.24, 2.45) is 5.73 Å². The van der Waals surface area contributed by atoms with Crippen LogP contribution in [0.4, 0.5) is 4.79 Å². The van der Waals surface area contributed by atoms with Crippen LogP contribution in [0.1, 0.15) is 27.2 Å².